The van der Waals surface area contributed by atoms with Gasteiger partial charge in [0.15, 0.2) is 6.10 Å². The summed E-state index contributed by atoms with van der Waals surface area (Å²) >= 11 is 0. The van der Waals surface area contributed by atoms with Crippen LogP contribution in [0.5, 0.6) is 0 Å². The Bertz CT molecular complexity index is 499. The van der Waals surface area contributed by atoms with Crippen molar-refractivity contribution in [2.45, 2.75) is 25.0 Å². The fourth-order valence-corrected chi connectivity index (χ4v) is 2.66. The minimum atomic E-state index is -1.05. The Balaban J connectivity index is 2.07. The third-order valence-corrected chi connectivity index (χ3v) is 3.81. The highest BCUT2D eigenvalue weighted by Crippen LogP contribution is 2.21. The Labute approximate surface area is 129 Å². The van der Waals surface area contributed by atoms with E-state index in [0.29, 0.717) is 18.8 Å². The summed E-state index contributed by atoms with van der Waals surface area (Å²) in [5.74, 6) is -1.72. The normalized spacial score (nSPS) is 20.9. The molecule has 1 saturated heterocycles. The van der Waals surface area contributed by atoms with Crippen molar-refractivity contribution in [1.82, 2.24) is 5.32 Å². The molecule has 2 rings (SSSR count). The van der Waals surface area contributed by atoms with Crippen LogP contribution in [0.1, 0.15) is 24.5 Å². The molecule has 0 bridgehead atoms. The van der Waals surface area contributed by atoms with Gasteiger partial charge in [0.2, 0.25) is 0 Å². The van der Waals surface area contributed by atoms with Crippen molar-refractivity contribution in [3.8, 4) is 0 Å². The molecule has 22 heavy (non-hydrogen) atoms. The summed E-state index contributed by atoms with van der Waals surface area (Å²) in [6, 6.07) is 8.03. The van der Waals surface area contributed by atoms with Crippen LogP contribution >= 0.6 is 0 Å². The second-order valence-corrected chi connectivity index (χ2v) is 5.33. The van der Waals surface area contributed by atoms with Gasteiger partial charge >= 0.3 is 5.97 Å². The molecule has 2 N–H and O–H groups in total. The van der Waals surface area contributed by atoms with Gasteiger partial charge in [-0.15, -0.1) is 0 Å². The number of benzene rings is 1. The molecule has 1 fully saturated rings. The minimum Gasteiger partial charge on any atom is -0.480 e. The van der Waals surface area contributed by atoms with Crippen LogP contribution in [-0.4, -0.2) is 43.3 Å². The van der Waals surface area contributed by atoms with E-state index < -0.39 is 24.0 Å². The number of amides is 1. The molecule has 6 nitrogen and oxygen atoms in total. The van der Waals surface area contributed by atoms with Crippen molar-refractivity contribution in [3.63, 3.8) is 0 Å². The number of methoxy groups -OCH3 is 1. The van der Waals surface area contributed by atoms with Crippen molar-refractivity contribution in [3.05, 3.63) is 35.9 Å². The number of hydrogen-bond acceptors (Lipinski definition) is 4. The average Bonchev–Trinajstić information content (AvgIpc) is 2.55. The van der Waals surface area contributed by atoms with Gasteiger partial charge in [0, 0.05) is 19.6 Å². The third kappa shape index (κ3) is 4.05. The first-order chi connectivity index (χ1) is 10.6. The van der Waals surface area contributed by atoms with Gasteiger partial charge in [-0.1, -0.05) is 30.3 Å². The Morgan fingerprint density at radius 1 is 1.36 bits per heavy atom. The monoisotopic (exact) mass is 307 g/mol. The number of carbonyl (C=O) groups excluding carboxylic acids is 1. The minimum absolute atomic E-state index is 0.219. The van der Waals surface area contributed by atoms with Crippen LogP contribution < -0.4 is 5.32 Å². The molecule has 1 aromatic carbocycles. The average molecular weight is 307 g/mol. The highest BCUT2D eigenvalue weighted by molar-refractivity contribution is 5.87. The van der Waals surface area contributed by atoms with Crippen molar-refractivity contribution < 1.29 is 24.2 Å². The van der Waals surface area contributed by atoms with E-state index in [-0.39, 0.29) is 5.92 Å². The van der Waals surface area contributed by atoms with Crippen molar-refractivity contribution in [1.29, 1.82) is 0 Å². The van der Waals surface area contributed by atoms with Gasteiger partial charge in [-0.25, -0.2) is 4.79 Å². The van der Waals surface area contributed by atoms with Gasteiger partial charge < -0.3 is 19.9 Å². The van der Waals surface area contributed by atoms with Crippen LogP contribution in [0.15, 0.2) is 30.3 Å². The van der Waals surface area contributed by atoms with E-state index in [9.17, 15) is 14.7 Å². The van der Waals surface area contributed by atoms with Crippen LogP contribution in [0.2, 0.25) is 0 Å². The first-order valence-corrected chi connectivity index (χ1v) is 7.32. The number of ether oxygens (including phenoxy) is 2. The predicted molar refractivity (Wildman–Crippen MR) is 79.3 cm³/mol. The van der Waals surface area contributed by atoms with E-state index in [1.165, 1.54) is 7.11 Å². The Kier molecular flexibility index (Phi) is 5.91. The number of hydrogen-bond donors (Lipinski definition) is 2. The highest BCUT2D eigenvalue weighted by atomic mass is 16.5. The number of nitrogens with one attached hydrogen (secondary N) is 1. The molecule has 1 aliphatic heterocycles. The van der Waals surface area contributed by atoms with Crippen LogP contribution in [0, 0.1) is 5.92 Å². The lowest BCUT2D eigenvalue weighted by Gasteiger charge is -2.29. The van der Waals surface area contributed by atoms with Gasteiger partial charge in [0.05, 0.1) is 6.61 Å². The molecule has 1 aromatic rings. The summed E-state index contributed by atoms with van der Waals surface area (Å²) in [5.41, 5.74) is 0.687. The van der Waals surface area contributed by atoms with E-state index in [1.54, 1.807) is 24.3 Å². The van der Waals surface area contributed by atoms with E-state index in [2.05, 4.69) is 5.32 Å². The molecule has 0 saturated carbocycles. The van der Waals surface area contributed by atoms with Gasteiger partial charge in [0.1, 0.15) is 6.04 Å². The second-order valence-electron chi connectivity index (χ2n) is 5.33. The molecular weight excluding hydrogens is 286 g/mol. The van der Waals surface area contributed by atoms with Crippen LogP contribution in [-0.2, 0) is 19.1 Å². The quantitative estimate of drug-likeness (QED) is 0.829. The molecule has 120 valence electrons. The molecule has 1 amide bonds. The van der Waals surface area contributed by atoms with Crippen molar-refractivity contribution >= 4 is 11.9 Å². The van der Waals surface area contributed by atoms with Crippen molar-refractivity contribution in [2.24, 2.45) is 5.92 Å². The first kappa shape index (κ1) is 16.5. The lowest BCUT2D eigenvalue weighted by atomic mass is 9.93. The maximum atomic E-state index is 12.4. The van der Waals surface area contributed by atoms with E-state index in [1.807, 2.05) is 6.07 Å². The Hall–Kier alpha value is -1.92. The van der Waals surface area contributed by atoms with Crippen LogP contribution in [0.4, 0.5) is 0 Å². The molecule has 0 aliphatic carbocycles. The van der Waals surface area contributed by atoms with Crippen LogP contribution in [0.25, 0.3) is 0 Å². The van der Waals surface area contributed by atoms with Gasteiger partial charge in [-0.3, -0.25) is 4.79 Å². The number of carboxylic acid groups (broad SMARTS) is 1. The molecule has 0 radical (unpaired) electrons. The fourth-order valence-electron chi connectivity index (χ4n) is 2.66. The maximum absolute atomic E-state index is 12.4. The molecular formula is C16H21NO5. The van der Waals surface area contributed by atoms with Crippen molar-refractivity contribution in [2.75, 3.05) is 20.3 Å². The summed E-state index contributed by atoms with van der Waals surface area (Å²) in [5, 5.41) is 12.0. The second kappa shape index (κ2) is 7.91. The molecule has 1 aliphatic rings. The smallest absolute Gasteiger partial charge is 0.326 e. The summed E-state index contributed by atoms with van der Waals surface area (Å²) < 4.78 is 10.6. The number of carboxylic acids is 1. The SMILES string of the molecule is COC(C(=O)NC(C(=O)O)C1CCCOC1)c1ccccc1. The molecule has 0 spiro atoms. The zero-order valence-corrected chi connectivity index (χ0v) is 12.5. The Morgan fingerprint density at radius 3 is 2.64 bits per heavy atom. The van der Waals surface area contributed by atoms with E-state index in [0.717, 1.165) is 12.8 Å². The lowest BCUT2D eigenvalue weighted by Crippen LogP contribution is -2.49. The summed E-state index contributed by atoms with van der Waals surface area (Å²) in [6.07, 6.45) is 0.698. The molecule has 3 unspecified atom stereocenters. The van der Waals surface area contributed by atoms with Crippen LogP contribution in [0.3, 0.4) is 0 Å². The largest absolute Gasteiger partial charge is 0.480 e. The number of aliphatic carboxylic acids is 1. The zero-order chi connectivity index (χ0) is 15.9. The standard InChI is InChI=1S/C16H21NO5/c1-21-14(11-6-3-2-4-7-11)15(18)17-13(16(19)20)12-8-5-9-22-10-12/h2-4,6-7,12-14H,5,8-10H2,1H3,(H,17,18)(H,19,20). The van der Waals surface area contributed by atoms with Gasteiger partial charge in [0.25, 0.3) is 5.91 Å². The molecule has 1 heterocycles. The highest BCUT2D eigenvalue weighted by Gasteiger charge is 2.33. The first-order valence-electron chi connectivity index (χ1n) is 7.32. The summed E-state index contributed by atoms with van der Waals surface area (Å²) in [6.45, 7) is 0.988. The zero-order valence-electron chi connectivity index (χ0n) is 12.5. The number of carbonyl (C=O) groups is 2. The summed E-state index contributed by atoms with van der Waals surface area (Å²) in [7, 11) is 1.43. The molecule has 6 heteroatoms. The number of rotatable bonds is 6. The maximum Gasteiger partial charge on any atom is 0.326 e. The molecule has 0 aromatic heterocycles. The van der Waals surface area contributed by atoms with Gasteiger partial charge in [-0.05, 0) is 18.4 Å². The van der Waals surface area contributed by atoms with Gasteiger partial charge in [-0.2, -0.15) is 0 Å². The Morgan fingerprint density at radius 2 is 2.09 bits per heavy atom. The summed E-state index contributed by atoms with van der Waals surface area (Å²) in [4.78, 5) is 23.9. The topological polar surface area (TPSA) is 84.9 Å². The lowest BCUT2D eigenvalue weighted by molar-refractivity contribution is -0.147. The fraction of sp³-hybridized carbons (Fsp3) is 0.500. The third-order valence-electron chi connectivity index (χ3n) is 3.81. The van der Waals surface area contributed by atoms with E-state index >= 15 is 0 Å². The van der Waals surface area contributed by atoms with E-state index in [4.69, 9.17) is 9.47 Å². The molecule has 3 atom stereocenters. The predicted octanol–water partition coefficient (Wildman–Crippen LogP) is 1.37.